The number of carbonyl (C=O) groups excluding carboxylic acids is 2. The van der Waals surface area contributed by atoms with Gasteiger partial charge in [-0.2, -0.15) is 0 Å². The molecule has 0 bridgehead atoms. The predicted molar refractivity (Wildman–Crippen MR) is 90.9 cm³/mol. The van der Waals surface area contributed by atoms with E-state index in [1.54, 1.807) is 24.3 Å². The molecule has 8 heteroatoms. The molecule has 3 rings (SSSR count). The number of carbonyl (C=O) groups is 2. The van der Waals surface area contributed by atoms with Gasteiger partial charge in [0.1, 0.15) is 0 Å². The molecule has 1 fully saturated rings. The Morgan fingerprint density at radius 2 is 1.88 bits per heavy atom. The van der Waals surface area contributed by atoms with E-state index >= 15 is 0 Å². The molecule has 0 aromatic heterocycles. The molecule has 0 unspecified atom stereocenters. The molecule has 0 aliphatic carbocycles. The monoisotopic (exact) mass is 349 g/mol. The first kappa shape index (κ1) is 16.5. The molecule has 0 radical (unpaired) electrons. The zero-order valence-electron chi connectivity index (χ0n) is 13.4. The van der Waals surface area contributed by atoms with Gasteiger partial charge in [0.15, 0.2) is 0 Å². The maximum absolute atomic E-state index is 12.1. The minimum absolute atomic E-state index is 0.183. The van der Waals surface area contributed by atoms with Crippen LogP contribution in [0.5, 0.6) is 0 Å². The zero-order valence-corrected chi connectivity index (χ0v) is 14.2. The second-order valence-corrected chi connectivity index (χ2v) is 7.89. The van der Waals surface area contributed by atoms with E-state index < -0.39 is 10.0 Å². The van der Waals surface area contributed by atoms with Crippen molar-refractivity contribution in [2.24, 2.45) is 0 Å². The van der Waals surface area contributed by atoms with Crippen LogP contribution in [0.3, 0.4) is 0 Å². The third-order valence-corrected chi connectivity index (χ3v) is 5.95. The average molecular weight is 349 g/mol. The summed E-state index contributed by atoms with van der Waals surface area (Å²) in [6.07, 6.45) is 2.95. The minimum atomic E-state index is -3.22. The van der Waals surface area contributed by atoms with Crippen LogP contribution in [0.15, 0.2) is 36.0 Å². The molecule has 2 aliphatic rings. The van der Waals surface area contributed by atoms with Crippen LogP contribution in [0.4, 0.5) is 11.4 Å². The molecule has 0 spiro atoms. The lowest BCUT2D eigenvalue weighted by atomic mass is 10.2. The van der Waals surface area contributed by atoms with Gasteiger partial charge in [0.2, 0.25) is 15.9 Å². The number of nitrogens with zero attached hydrogens (tertiary/aromatic N) is 2. The number of hydrogen-bond donors (Lipinski definition) is 1. The fourth-order valence-corrected chi connectivity index (χ4v) is 4.48. The number of nitrogens with one attached hydrogen (secondary N) is 1. The van der Waals surface area contributed by atoms with Crippen LogP contribution >= 0.6 is 0 Å². The highest BCUT2D eigenvalue weighted by Crippen LogP contribution is 2.25. The van der Waals surface area contributed by atoms with Gasteiger partial charge >= 0.3 is 0 Å². The van der Waals surface area contributed by atoms with Crippen LogP contribution in [0.2, 0.25) is 0 Å². The smallest absolute Gasteiger partial charge is 0.255 e. The number of benzene rings is 1. The Labute approximate surface area is 141 Å². The molecule has 1 aromatic rings. The Balaban J connectivity index is 1.71. The van der Waals surface area contributed by atoms with E-state index in [4.69, 9.17) is 0 Å². The summed E-state index contributed by atoms with van der Waals surface area (Å²) in [6, 6.07) is 7.01. The van der Waals surface area contributed by atoms with Crippen molar-refractivity contribution in [1.82, 2.24) is 4.90 Å². The first-order valence-electron chi connectivity index (χ1n) is 7.77. The second kappa shape index (κ2) is 6.27. The first-order valence-corrected chi connectivity index (χ1v) is 9.38. The number of imide groups is 1. The molecule has 0 saturated carbocycles. The van der Waals surface area contributed by atoms with E-state index in [1.165, 1.54) is 17.3 Å². The molecule has 2 amide bonds. The number of hydrogen-bond acceptors (Lipinski definition) is 5. The Morgan fingerprint density at radius 3 is 2.46 bits per heavy atom. The molecule has 1 N–H and O–H groups in total. The Bertz CT molecular complexity index is 799. The van der Waals surface area contributed by atoms with Crippen molar-refractivity contribution >= 4 is 33.2 Å². The largest absolute Gasteiger partial charge is 0.357 e. The summed E-state index contributed by atoms with van der Waals surface area (Å²) in [6.45, 7) is 2.07. The lowest BCUT2D eigenvalue weighted by molar-refractivity contribution is -0.138. The lowest BCUT2D eigenvalue weighted by Gasteiger charge is -2.28. The summed E-state index contributed by atoms with van der Waals surface area (Å²) < 4.78 is 25.7. The van der Waals surface area contributed by atoms with Crippen LogP contribution in [0, 0.1) is 0 Å². The fraction of sp³-hybridized carbons (Fsp3) is 0.375. The number of rotatable bonds is 3. The highest BCUT2D eigenvalue weighted by Gasteiger charge is 2.26. The van der Waals surface area contributed by atoms with Crippen molar-refractivity contribution < 1.29 is 18.0 Å². The van der Waals surface area contributed by atoms with Gasteiger partial charge in [0, 0.05) is 30.9 Å². The van der Waals surface area contributed by atoms with Crippen molar-refractivity contribution in [2.75, 3.05) is 28.5 Å². The normalized spacial score (nSPS) is 20.0. The predicted octanol–water partition coefficient (Wildman–Crippen LogP) is 1.30. The maximum Gasteiger partial charge on any atom is 0.255 e. The van der Waals surface area contributed by atoms with E-state index in [0.29, 0.717) is 24.4 Å². The van der Waals surface area contributed by atoms with Crippen molar-refractivity contribution in [3.8, 4) is 0 Å². The van der Waals surface area contributed by atoms with Gasteiger partial charge in [0.05, 0.1) is 18.0 Å². The van der Waals surface area contributed by atoms with Gasteiger partial charge in [-0.1, -0.05) is 0 Å². The van der Waals surface area contributed by atoms with E-state index in [9.17, 15) is 18.0 Å². The topological polar surface area (TPSA) is 86.8 Å². The first-order chi connectivity index (χ1) is 11.4. The van der Waals surface area contributed by atoms with Crippen LogP contribution < -0.4 is 9.62 Å². The molecule has 1 saturated heterocycles. The molecular weight excluding hydrogens is 330 g/mol. The van der Waals surface area contributed by atoms with Crippen molar-refractivity contribution in [3.63, 3.8) is 0 Å². The van der Waals surface area contributed by atoms with Crippen molar-refractivity contribution in [3.05, 3.63) is 36.0 Å². The molecular formula is C16H19N3O4S. The quantitative estimate of drug-likeness (QED) is 0.889. The molecule has 7 nitrogen and oxygen atoms in total. The lowest BCUT2D eigenvalue weighted by Crippen LogP contribution is -2.37. The number of sulfonamides is 1. The van der Waals surface area contributed by atoms with Crippen LogP contribution in [0.1, 0.15) is 19.8 Å². The average Bonchev–Trinajstić information content (AvgIpc) is 2.89. The van der Waals surface area contributed by atoms with Crippen LogP contribution in [-0.4, -0.2) is 44.0 Å². The summed E-state index contributed by atoms with van der Waals surface area (Å²) in [4.78, 5) is 24.1. The zero-order chi connectivity index (χ0) is 17.3. The highest BCUT2D eigenvalue weighted by molar-refractivity contribution is 7.92. The summed E-state index contributed by atoms with van der Waals surface area (Å²) in [5, 5.41) is 3.09. The molecule has 0 atom stereocenters. The number of amides is 2. The Morgan fingerprint density at radius 1 is 1.17 bits per heavy atom. The maximum atomic E-state index is 12.1. The van der Waals surface area contributed by atoms with Gasteiger partial charge in [0.25, 0.3) is 5.91 Å². The van der Waals surface area contributed by atoms with Gasteiger partial charge in [-0.25, -0.2) is 8.42 Å². The number of anilines is 2. The SMILES string of the molecule is CC(=O)N1CC(Nc2ccc(N3CCCCS3(=O)=O)cc2)=CC1=O. The van der Waals surface area contributed by atoms with Gasteiger partial charge in [-0.3, -0.25) is 18.8 Å². The van der Waals surface area contributed by atoms with E-state index in [-0.39, 0.29) is 24.1 Å². The molecule has 2 heterocycles. The summed E-state index contributed by atoms with van der Waals surface area (Å²) in [5.74, 6) is -0.442. The third kappa shape index (κ3) is 3.28. The second-order valence-electron chi connectivity index (χ2n) is 5.88. The van der Waals surface area contributed by atoms with E-state index in [1.807, 2.05) is 0 Å². The van der Waals surface area contributed by atoms with Crippen LogP contribution in [0.25, 0.3) is 0 Å². The molecule has 1 aromatic carbocycles. The third-order valence-electron chi connectivity index (χ3n) is 4.08. The highest BCUT2D eigenvalue weighted by atomic mass is 32.2. The van der Waals surface area contributed by atoms with E-state index in [0.717, 1.165) is 17.0 Å². The molecule has 128 valence electrons. The summed E-state index contributed by atoms with van der Waals surface area (Å²) in [7, 11) is -3.22. The van der Waals surface area contributed by atoms with E-state index in [2.05, 4.69) is 5.32 Å². The Hall–Kier alpha value is -2.35. The van der Waals surface area contributed by atoms with Gasteiger partial charge < -0.3 is 5.32 Å². The summed E-state index contributed by atoms with van der Waals surface area (Å²) in [5.41, 5.74) is 2.01. The Kier molecular flexibility index (Phi) is 4.31. The van der Waals surface area contributed by atoms with Crippen molar-refractivity contribution in [2.45, 2.75) is 19.8 Å². The van der Waals surface area contributed by atoms with Crippen molar-refractivity contribution in [1.29, 1.82) is 0 Å². The fourth-order valence-electron chi connectivity index (χ4n) is 2.84. The molecule has 2 aliphatic heterocycles. The minimum Gasteiger partial charge on any atom is -0.357 e. The van der Waals surface area contributed by atoms with Gasteiger partial charge in [-0.05, 0) is 37.1 Å². The molecule has 24 heavy (non-hydrogen) atoms. The summed E-state index contributed by atoms with van der Waals surface area (Å²) >= 11 is 0. The van der Waals surface area contributed by atoms with Gasteiger partial charge in [-0.15, -0.1) is 0 Å². The van der Waals surface area contributed by atoms with Crippen LogP contribution in [-0.2, 0) is 19.6 Å². The standard InChI is InChI=1S/C16H19N3O4S/c1-12(20)18-11-14(10-16(18)21)17-13-4-6-15(7-5-13)19-8-2-3-9-24(19,22)23/h4-7,10,17H,2-3,8-9,11H2,1H3.